The number of nitriles is 1. The number of carbonyl (C=O) groups is 1. The molecule has 0 amide bonds. The maximum atomic E-state index is 12.0. The van der Waals surface area contributed by atoms with E-state index < -0.39 is 5.97 Å². The lowest BCUT2D eigenvalue weighted by Gasteiger charge is -2.20. The number of esters is 1. The van der Waals surface area contributed by atoms with E-state index in [1.165, 1.54) is 0 Å². The molecule has 1 aromatic heterocycles. The molecule has 2 aromatic rings. The first-order chi connectivity index (χ1) is 10.2. The summed E-state index contributed by atoms with van der Waals surface area (Å²) < 4.78 is 5.04. The number of ether oxygens (including phenoxy) is 1. The Morgan fingerprint density at radius 3 is 2.90 bits per heavy atom. The Labute approximate surface area is 123 Å². The molecule has 5 heteroatoms. The molecule has 2 rings (SSSR count). The predicted molar refractivity (Wildman–Crippen MR) is 79.4 cm³/mol. The van der Waals surface area contributed by atoms with Crippen LogP contribution in [0.4, 0.5) is 11.5 Å². The fraction of sp³-hybridized carbons (Fsp3) is 0.188. The first-order valence-electron chi connectivity index (χ1n) is 6.53. The quantitative estimate of drug-likeness (QED) is 0.806. The molecule has 106 valence electrons. The summed E-state index contributed by atoms with van der Waals surface area (Å²) in [5, 5.41) is 8.97. The summed E-state index contributed by atoms with van der Waals surface area (Å²) in [7, 11) is 1.79. The molecule has 0 aliphatic carbocycles. The highest BCUT2D eigenvalue weighted by molar-refractivity contribution is 5.95. The maximum absolute atomic E-state index is 12.0. The Morgan fingerprint density at radius 1 is 1.38 bits per heavy atom. The van der Waals surface area contributed by atoms with Gasteiger partial charge in [0.05, 0.1) is 18.2 Å². The Kier molecular flexibility index (Phi) is 4.52. The molecule has 0 fully saturated rings. The molecule has 1 heterocycles. The summed E-state index contributed by atoms with van der Waals surface area (Å²) in [5.74, 6) is 0.0786. The van der Waals surface area contributed by atoms with Crippen LogP contribution in [0.1, 0.15) is 22.8 Å². The van der Waals surface area contributed by atoms with Crippen molar-refractivity contribution in [3.05, 3.63) is 53.7 Å². The van der Waals surface area contributed by atoms with Gasteiger partial charge in [0.15, 0.2) is 0 Å². The average molecular weight is 281 g/mol. The molecular formula is C16H15N3O2. The van der Waals surface area contributed by atoms with Gasteiger partial charge in [0.2, 0.25) is 0 Å². The van der Waals surface area contributed by atoms with Gasteiger partial charge in [0, 0.05) is 18.9 Å². The number of nitrogens with zero attached hydrogens (tertiary/aromatic N) is 3. The molecule has 5 nitrogen and oxygen atoms in total. The van der Waals surface area contributed by atoms with E-state index in [1.54, 1.807) is 55.4 Å². The lowest BCUT2D eigenvalue weighted by atomic mass is 10.2. The Balaban J connectivity index is 2.41. The normalized spacial score (nSPS) is 9.76. The largest absolute Gasteiger partial charge is 0.462 e. The second-order valence-corrected chi connectivity index (χ2v) is 4.32. The Bertz CT molecular complexity index is 692. The zero-order chi connectivity index (χ0) is 15.2. The fourth-order valence-electron chi connectivity index (χ4n) is 1.94. The zero-order valence-corrected chi connectivity index (χ0v) is 11.9. The molecule has 0 aliphatic rings. The van der Waals surface area contributed by atoms with Crippen molar-refractivity contribution in [2.45, 2.75) is 6.92 Å². The van der Waals surface area contributed by atoms with E-state index in [2.05, 4.69) is 11.1 Å². The minimum Gasteiger partial charge on any atom is -0.462 e. The third-order valence-electron chi connectivity index (χ3n) is 2.96. The molecule has 0 saturated heterocycles. The number of anilines is 2. The van der Waals surface area contributed by atoms with Crippen LogP contribution in [0.5, 0.6) is 0 Å². The summed E-state index contributed by atoms with van der Waals surface area (Å²) in [6, 6.07) is 12.6. The van der Waals surface area contributed by atoms with Gasteiger partial charge in [-0.1, -0.05) is 6.07 Å². The van der Waals surface area contributed by atoms with Crippen LogP contribution in [-0.4, -0.2) is 24.6 Å². The highest BCUT2D eigenvalue weighted by Gasteiger charge is 2.17. The van der Waals surface area contributed by atoms with Crippen LogP contribution >= 0.6 is 0 Å². The average Bonchev–Trinajstić information content (AvgIpc) is 2.54. The number of hydrogen-bond donors (Lipinski definition) is 0. The first-order valence-corrected chi connectivity index (χ1v) is 6.53. The van der Waals surface area contributed by atoms with Crippen molar-refractivity contribution >= 4 is 17.5 Å². The number of benzene rings is 1. The molecule has 0 aliphatic heterocycles. The maximum Gasteiger partial charge on any atom is 0.341 e. The Hall–Kier alpha value is -2.87. The van der Waals surface area contributed by atoms with Crippen LogP contribution in [0, 0.1) is 11.3 Å². The highest BCUT2D eigenvalue weighted by Crippen LogP contribution is 2.25. The summed E-state index contributed by atoms with van der Waals surface area (Å²) in [6.07, 6.45) is 1.61. The number of hydrogen-bond acceptors (Lipinski definition) is 5. The van der Waals surface area contributed by atoms with Crippen molar-refractivity contribution in [1.29, 1.82) is 5.26 Å². The van der Waals surface area contributed by atoms with Crippen molar-refractivity contribution in [3.63, 3.8) is 0 Å². The predicted octanol–water partition coefficient (Wildman–Crippen LogP) is 2.90. The summed E-state index contributed by atoms with van der Waals surface area (Å²) in [5.41, 5.74) is 1.72. The number of aromatic nitrogens is 1. The molecule has 0 bridgehead atoms. The van der Waals surface area contributed by atoms with Crippen molar-refractivity contribution in [2.75, 3.05) is 18.6 Å². The van der Waals surface area contributed by atoms with Crippen LogP contribution in [-0.2, 0) is 4.74 Å². The van der Waals surface area contributed by atoms with Crippen LogP contribution in [0.2, 0.25) is 0 Å². The minimum atomic E-state index is -0.413. The van der Waals surface area contributed by atoms with Crippen molar-refractivity contribution in [1.82, 2.24) is 4.98 Å². The van der Waals surface area contributed by atoms with Gasteiger partial charge in [0.25, 0.3) is 0 Å². The smallest absolute Gasteiger partial charge is 0.341 e. The molecule has 0 radical (unpaired) electrons. The number of pyridine rings is 1. The van der Waals surface area contributed by atoms with Gasteiger partial charge in [-0.2, -0.15) is 5.26 Å². The van der Waals surface area contributed by atoms with Crippen LogP contribution in [0.15, 0.2) is 42.6 Å². The molecule has 0 atom stereocenters. The molecule has 0 saturated carbocycles. The SMILES string of the molecule is CCOC(=O)c1cccnc1N(C)c1cccc(C#N)c1. The molecule has 0 spiro atoms. The minimum absolute atomic E-state index is 0.306. The lowest BCUT2D eigenvalue weighted by molar-refractivity contribution is 0.0527. The van der Waals surface area contributed by atoms with Crippen molar-refractivity contribution < 1.29 is 9.53 Å². The number of rotatable bonds is 4. The van der Waals surface area contributed by atoms with E-state index in [0.29, 0.717) is 23.6 Å². The van der Waals surface area contributed by atoms with Gasteiger partial charge >= 0.3 is 5.97 Å². The van der Waals surface area contributed by atoms with Crippen molar-refractivity contribution in [3.8, 4) is 6.07 Å². The molecule has 0 unspecified atom stereocenters. The van der Waals surface area contributed by atoms with E-state index in [4.69, 9.17) is 10.00 Å². The highest BCUT2D eigenvalue weighted by atomic mass is 16.5. The molecule has 21 heavy (non-hydrogen) atoms. The summed E-state index contributed by atoms with van der Waals surface area (Å²) >= 11 is 0. The molecule has 1 aromatic carbocycles. The van der Waals surface area contributed by atoms with Crippen molar-refractivity contribution in [2.24, 2.45) is 0 Å². The van der Waals surface area contributed by atoms with Crippen LogP contribution in [0.25, 0.3) is 0 Å². The fourth-order valence-corrected chi connectivity index (χ4v) is 1.94. The van der Waals surface area contributed by atoms with Gasteiger partial charge in [-0.25, -0.2) is 9.78 Å². The topological polar surface area (TPSA) is 66.2 Å². The van der Waals surface area contributed by atoms with Gasteiger partial charge in [-0.3, -0.25) is 0 Å². The van der Waals surface area contributed by atoms with Gasteiger partial charge in [-0.05, 0) is 37.3 Å². The molecule has 0 N–H and O–H groups in total. The van der Waals surface area contributed by atoms with Crippen LogP contribution in [0.3, 0.4) is 0 Å². The summed E-state index contributed by atoms with van der Waals surface area (Å²) in [4.78, 5) is 18.0. The second-order valence-electron chi connectivity index (χ2n) is 4.32. The van der Waals surface area contributed by atoms with E-state index in [0.717, 1.165) is 5.69 Å². The van der Waals surface area contributed by atoms with Gasteiger partial charge < -0.3 is 9.64 Å². The number of carbonyl (C=O) groups excluding carboxylic acids is 1. The summed E-state index contributed by atoms with van der Waals surface area (Å²) in [6.45, 7) is 2.06. The van der Waals surface area contributed by atoms with E-state index in [9.17, 15) is 4.79 Å². The van der Waals surface area contributed by atoms with E-state index in [-0.39, 0.29) is 0 Å². The third-order valence-corrected chi connectivity index (χ3v) is 2.96. The van der Waals surface area contributed by atoms with Crippen LogP contribution < -0.4 is 4.90 Å². The van der Waals surface area contributed by atoms with E-state index in [1.807, 2.05) is 6.07 Å². The van der Waals surface area contributed by atoms with Gasteiger partial charge in [-0.15, -0.1) is 0 Å². The monoisotopic (exact) mass is 281 g/mol. The van der Waals surface area contributed by atoms with E-state index >= 15 is 0 Å². The molecular weight excluding hydrogens is 266 g/mol. The Morgan fingerprint density at radius 2 is 2.19 bits per heavy atom. The van der Waals surface area contributed by atoms with Gasteiger partial charge in [0.1, 0.15) is 11.4 Å². The third kappa shape index (κ3) is 3.18. The second kappa shape index (κ2) is 6.53. The zero-order valence-electron chi connectivity index (χ0n) is 11.9. The standard InChI is InChI=1S/C16H15N3O2/c1-3-21-16(20)14-8-5-9-18-15(14)19(2)13-7-4-6-12(10-13)11-17/h4-10H,3H2,1-2H3. The lowest BCUT2D eigenvalue weighted by Crippen LogP contribution is -2.17. The first kappa shape index (κ1) is 14.5.